The number of unbranched alkanes of at least 4 members (excludes halogenated alkanes) is 1. The molecule has 7 heteroatoms. The summed E-state index contributed by atoms with van der Waals surface area (Å²) >= 11 is 0. The minimum Gasteiger partial charge on any atom is -0.508 e. The number of phenolic OH excluding ortho intramolecular Hbond substituents is 1. The van der Waals surface area contributed by atoms with Crippen molar-refractivity contribution >= 4 is 11.9 Å². The number of amides is 1. The number of benzene rings is 1. The number of phenols is 1. The molecule has 7 nitrogen and oxygen atoms in total. The molecule has 1 amide bonds. The van der Waals surface area contributed by atoms with E-state index >= 15 is 0 Å². The van der Waals surface area contributed by atoms with Gasteiger partial charge in [-0.15, -0.1) is 0 Å². The van der Waals surface area contributed by atoms with Crippen LogP contribution in [0.1, 0.15) is 122 Å². The van der Waals surface area contributed by atoms with Crippen LogP contribution >= 0.6 is 0 Å². The van der Waals surface area contributed by atoms with E-state index in [0.29, 0.717) is 35.8 Å². The molecule has 1 aromatic rings. The Hall–Kier alpha value is -2.28. The molecule has 242 valence electrons. The Balaban J connectivity index is 1.19. The number of nitrogens with zero attached hydrogens (tertiary/aromatic N) is 2. The Morgan fingerprint density at radius 2 is 1.89 bits per heavy atom. The van der Waals surface area contributed by atoms with Gasteiger partial charge in [-0.2, -0.15) is 0 Å². The Morgan fingerprint density at radius 3 is 2.61 bits per heavy atom. The zero-order chi connectivity index (χ0) is 30.6. The van der Waals surface area contributed by atoms with Gasteiger partial charge < -0.3 is 19.5 Å². The first kappa shape index (κ1) is 30.4. The van der Waals surface area contributed by atoms with Crippen LogP contribution in [0.15, 0.2) is 6.07 Å². The van der Waals surface area contributed by atoms with Crippen molar-refractivity contribution in [2.75, 3.05) is 19.6 Å². The average molecular weight is 607 g/mol. The number of hydrogen-bond acceptors (Lipinski definition) is 6. The van der Waals surface area contributed by atoms with Gasteiger partial charge in [0.1, 0.15) is 11.9 Å². The summed E-state index contributed by atoms with van der Waals surface area (Å²) in [4.78, 5) is 31.2. The summed E-state index contributed by atoms with van der Waals surface area (Å²) in [5, 5.41) is 11.4. The summed E-state index contributed by atoms with van der Waals surface area (Å²) in [6.07, 6.45) is 17.1. The van der Waals surface area contributed by atoms with Crippen molar-refractivity contribution in [3.05, 3.63) is 17.2 Å². The largest absolute Gasteiger partial charge is 0.508 e. The molecule has 2 aliphatic heterocycles. The van der Waals surface area contributed by atoms with Crippen molar-refractivity contribution in [1.29, 1.82) is 0 Å². The number of esters is 1. The molecule has 0 unspecified atom stereocenters. The zero-order valence-electron chi connectivity index (χ0n) is 27.3. The first-order chi connectivity index (χ1) is 21.3. The van der Waals surface area contributed by atoms with Crippen LogP contribution in [0.3, 0.4) is 0 Å². The number of hydrogen-bond donors (Lipinski definition) is 1. The maximum Gasteiger partial charge on any atom is 0.308 e. The molecule has 1 N–H and O–H groups in total. The molecular formula is C37H54N2O5. The number of likely N-dealkylation sites (tertiary alicyclic amines) is 1. The Labute approximate surface area is 264 Å². The third-order valence-electron chi connectivity index (χ3n) is 12.2. The number of ether oxygens (including phenoxy) is 2. The number of rotatable bonds is 11. The van der Waals surface area contributed by atoms with Crippen LogP contribution in [0.2, 0.25) is 0 Å². The summed E-state index contributed by atoms with van der Waals surface area (Å²) in [5.41, 5.74) is 1.78. The molecular weight excluding hydrogens is 552 g/mol. The molecule has 2 heterocycles. The van der Waals surface area contributed by atoms with Gasteiger partial charge in [0.25, 0.3) is 0 Å². The van der Waals surface area contributed by atoms with E-state index in [9.17, 15) is 14.7 Å². The molecule has 1 spiro atoms. The van der Waals surface area contributed by atoms with Gasteiger partial charge in [0, 0.05) is 55.1 Å². The highest BCUT2D eigenvalue weighted by Gasteiger charge is 2.67. The lowest BCUT2D eigenvalue weighted by Gasteiger charge is -2.60. The summed E-state index contributed by atoms with van der Waals surface area (Å²) in [6.45, 7) is 8.72. The average Bonchev–Trinajstić information content (AvgIpc) is 3.75. The van der Waals surface area contributed by atoms with E-state index in [1.807, 2.05) is 0 Å². The van der Waals surface area contributed by atoms with Crippen molar-refractivity contribution < 1.29 is 24.2 Å². The van der Waals surface area contributed by atoms with Gasteiger partial charge in [0.2, 0.25) is 5.91 Å². The summed E-state index contributed by atoms with van der Waals surface area (Å²) < 4.78 is 12.7. The topological polar surface area (TPSA) is 79.3 Å². The highest BCUT2D eigenvalue weighted by Crippen LogP contribution is 2.66. The predicted octanol–water partition coefficient (Wildman–Crippen LogP) is 6.76. The van der Waals surface area contributed by atoms with Gasteiger partial charge in [0.15, 0.2) is 11.5 Å². The van der Waals surface area contributed by atoms with Crippen LogP contribution in [0.5, 0.6) is 17.2 Å². The normalized spacial score (nSPS) is 31.0. The highest BCUT2D eigenvalue weighted by molar-refractivity contribution is 5.77. The van der Waals surface area contributed by atoms with Crippen LogP contribution in [-0.2, 0) is 21.4 Å². The van der Waals surface area contributed by atoms with Crippen LogP contribution in [0.4, 0.5) is 0 Å². The molecule has 4 aliphatic carbocycles. The zero-order valence-corrected chi connectivity index (χ0v) is 27.3. The molecule has 6 aliphatic rings. The lowest BCUT2D eigenvalue weighted by Crippen LogP contribution is -2.69. The summed E-state index contributed by atoms with van der Waals surface area (Å²) in [6, 6.07) is 1.94. The molecule has 4 fully saturated rings. The monoisotopic (exact) mass is 606 g/mol. The minimum absolute atomic E-state index is 0.0270. The van der Waals surface area contributed by atoms with Gasteiger partial charge in [0.05, 0.1) is 6.04 Å². The molecule has 3 saturated carbocycles. The predicted molar refractivity (Wildman–Crippen MR) is 170 cm³/mol. The number of carbonyl (C=O) groups excluding carboxylic acids is 2. The summed E-state index contributed by atoms with van der Waals surface area (Å²) in [7, 11) is 0. The molecule has 5 atom stereocenters. The first-order valence-corrected chi connectivity index (χ1v) is 18.0. The second kappa shape index (κ2) is 12.1. The van der Waals surface area contributed by atoms with E-state index in [2.05, 4.69) is 23.6 Å². The molecule has 2 bridgehead atoms. The van der Waals surface area contributed by atoms with Crippen molar-refractivity contribution in [3.8, 4) is 17.2 Å². The molecule has 1 aromatic carbocycles. The van der Waals surface area contributed by atoms with Crippen molar-refractivity contribution in [3.63, 3.8) is 0 Å². The fourth-order valence-electron chi connectivity index (χ4n) is 10.2. The van der Waals surface area contributed by atoms with E-state index in [1.54, 1.807) is 6.07 Å². The standard InChI is InChI=1S/C37H54N2O5/c1-23(2)21-39(33(42)12-8-7-11-25-9-5-4-6-10-25)29-16-15-28-30-19-27-31(41)20-32(43-24(3)40)35-34(27)37(28,36(29)44-35)17-18-38(30)22-26-13-14-26/h20,23,25-26,28-30,36,41H,4-19,21-22H2,1-3H3/t28-,29-,30+,36-,37-/m0/s1. The van der Waals surface area contributed by atoms with Crippen molar-refractivity contribution in [2.45, 2.75) is 141 Å². The smallest absolute Gasteiger partial charge is 0.308 e. The Morgan fingerprint density at radius 1 is 1.09 bits per heavy atom. The van der Waals surface area contributed by atoms with Crippen molar-refractivity contribution in [1.82, 2.24) is 9.80 Å². The van der Waals surface area contributed by atoms with Crippen LogP contribution in [0.25, 0.3) is 0 Å². The molecule has 7 rings (SSSR count). The van der Waals surface area contributed by atoms with E-state index in [0.717, 1.165) is 81.1 Å². The van der Waals surface area contributed by atoms with Gasteiger partial charge in [-0.1, -0.05) is 58.8 Å². The Kier molecular flexibility index (Phi) is 8.39. The third kappa shape index (κ3) is 5.43. The molecule has 1 saturated heterocycles. The fraction of sp³-hybridized carbons (Fsp3) is 0.784. The molecule has 0 aromatic heterocycles. The molecule has 44 heavy (non-hydrogen) atoms. The van der Waals surface area contributed by atoms with E-state index in [-0.39, 0.29) is 29.2 Å². The lowest BCUT2D eigenvalue weighted by atomic mass is 9.50. The maximum atomic E-state index is 14.1. The van der Waals surface area contributed by atoms with Gasteiger partial charge in [-0.3, -0.25) is 14.5 Å². The number of piperidine rings is 1. The lowest BCUT2D eigenvalue weighted by molar-refractivity contribution is -0.143. The second-order valence-corrected chi connectivity index (χ2v) is 15.6. The molecule has 0 radical (unpaired) electrons. The van der Waals surface area contributed by atoms with E-state index < -0.39 is 5.97 Å². The third-order valence-corrected chi connectivity index (χ3v) is 12.2. The van der Waals surface area contributed by atoms with Crippen molar-refractivity contribution in [2.24, 2.45) is 23.7 Å². The van der Waals surface area contributed by atoms with E-state index in [1.165, 1.54) is 58.3 Å². The fourth-order valence-corrected chi connectivity index (χ4v) is 10.2. The maximum absolute atomic E-state index is 14.1. The first-order valence-electron chi connectivity index (χ1n) is 18.0. The second-order valence-electron chi connectivity index (χ2n) is 15.6. The highest BCUT2D eigenvalue weighted by atomic mass is 16.6. The number of carbonyl (C=O) groups is 2. The van der Waals surface area contributed by atoms with Crippen LogP contribution in [-0.4, -0.2) is 64.6 Å². The van der Waals surface area contributed by atoms with Crippen LogP contribution in [0, 0.1) is 23.7 Å². The Bertz CT molecular complexity index is 1250. The van der Waals surface area contributed by atoms with Gasteiger partial charge in [-0.05, 0) is 75.2 Å². The SMILES string of the molecule is CC(=O)Oc1cc(O)c2c3c1O[C@H]1[C@@H](N(CC(C)C)C(=O)CCCCC4CCCCC4)CC[C@H]4[C@@H](C2)N(CC2CC2)CC[C@@]341. The van der Waals surface area contributed by atoms with Gasteiger partial charge >= 0.3 is 5.97 Å². The van der Waals surface area contributed by atoms with E-state index in [4.69, 9.17) is 9.47 Å². The van der Waals surface area contributed by atoms with Crippen LogP contribution < -0.4 is 9.47 Å². The minimum atomic E-state index is -0.414. The van der Waals surface area contributed by atoms with Gasteiger partial charge in [-0.25, -0.2) is 0 Å². The quantitative estimate of drug-likeness (QED) is 0.170. The number of aromatic hydroxyl groups is 1. The summed E-state index contributed by atoms with van der Waals surface area (Å²) in [5.74, 6) is 3.48.